The van der Waals surface area contributed by atoms with Gasteiger partial charge in [0.25, 0.3) is 0 Å². The van der Waals surface area contributed by atoms with Crippen LogP contribution in [0.1, 0.15) is 25.3 Å². The molecule has 0 aliphatic rings. The van der Waals surface area contributed by atoms with Gasteiger partial charge in [-0.05, 0) is 31.9 Å². The van der Waals surface area contributed by atoms with E-state index in [4.69, 9.17) is 5.11 Å². The number of aryl methyl sites for hydroxylation is 1. The van der Waals surface area contributed by atoms with Gasteiger partial charge in [-0.15, -0.1) is 0 Å². The molecule has 0 saturated carbocycles. The summed E-state index contributed by atoms with van der Waals surface area (Å²) >= 11 is 0. The van der Waals surface area contributed by atoms with Gasteiger partial charge < -0.3 is 5.11 Å². The minimum atomic E-state index is -3.47. The van der Waals surface area contributed by atoms with Crippen molar-refractivity contribution in [1.82, 2.24) is 4.72 Å². The summed E-state index contributed by atoms with van der Waals surface area (Å²) in [6, 6.07) is 6.49. The molecule has 1 unspecified atom stereocenters. The molecule has 96 valence electrons. The Hall–Kier alpha value is -0.910. The smallest absolute Gasteiger partial charge is 0.240 e. The SMILES string of the molecule is CCC(CCO)NS(=O)(=O)c1ccc(C)cc1. The monoisotopic (exact) mass is 257 g/mol. The minimum absolute atomic E-state index is 0.0189. The predicted molar refractivity (Wildman–Crippen MR) is 67.3 cm³/mol. The van der Waals surface area contributed by atoms with E-state index in [1.165, 1.54) is 0 Å². The lowest BCUT2D eigenvalue weighted by Crippen LogP contribution is -2.35. The standard InChI is InChI=1S/C12H19NO3S/c1-3-11(8-9-14)13-17(15,16)12-6-4-10(2)5-7-12/h4-7,11,13-14H,3,8-9H2,1-2H3. The van der Waals surface area contributed by atoms with E-state index in [2.05, 4.69) is 4.72 Å². The minimum Gasteiger partial charge on any atom is -0.396 e. The van der Waals surface area contributed by atoms with Crippen LogP contribution >= 0.6 is 0 Å². The van der Waals surface area contributed by atoms with Crippen LogP contribution in [0.2, 0.25) is 0 Å². The molecule has 0 radical (unpaired) electrons. The fraction of sp³-hybridized carbons (Fsp3) is 0.500. The van der Waals surface area contributed by atoms with Crippen molar-refractivity contribution >= 4 is 10.0 Å². The maximum Gasteiger partial charge on any atom is 0.240 e. The Morgan fingerprint density at radius 1 is 1.29 bits per heavy atom. The molecular formula is C12H19NO3S. The number of aliphatic hydroxyl groups is 1. The molecular weight excluding hydrogens is 238 g/mol. The topological polar surface area (TPSA) is 66.4 Å². The van der Waals surface area contributed by atoms with E-state index in [1.807, 2.05) is 13.8 Å². The third-order valence-corrected chi connectivity index (χ3v) is 4.16. The van der Waals surface area contributed by atoms with Gasteiger partial charge in [0.2, 0.25) is 10.0 Å². The summed E-state index contributed by atoms with van der Waals surface area (Å²) in [5.41, 5.74) is 1.02. The molecule has 0 aliphatic carbocycles. The van der Waals surface area contributed by atoms with Crippen LogP contribution in [0.5, 0.6) is 0 Å². The highest BCUT2D eigenvalue weighted by atomic mass is 32.2. The lowest BCUT2D eigenvalue weighted by molar-refractivity contribution is 0.270. The molecule has 1 aromatic carbocycles. The van der Waals surface area contributed by atoms with Crippen LogP contribution in [0.3, 0.4) is 0 Å². The summed E-state index contributed by atoms with van der Waals surface area (Å²) in [6.07, 6.45) is 1.09. The zero-order valence-electron chi connectivity index (χ0n) is 10.2. The molecule has 1 aromatic rings. The predicted octanol–water partition coefficient (Wildman–Crippen LogP) is 1.43. The first-order chi connectivity index (χ1) is 7.99. The van der Waals surface area contributed by atoms with Crippen molar-refractivity contribution in [3.05, 3.63) is 29.8 Å². The molecule has 0 spiro atoms. The van der Waals surface area contributed by atoms with E-state index in [9.17, 15) is 8.42 Å². The Labute approximate surface area is 103 Å². The van der Waals surface area contributed by atoms with Crippen molar-refractivity contribution in [3.8, 4) is 0 Å². The van der Waals surface area contributed by atoms with Crippen molar-refractivity contribution < 1.29 is 13.5 Å². The molecule has 2 N–H and O–H groups in total. The van der Waals surface area contributed by atoms with Crippen LogP contribution in [0.25, 0.3) is 0 Å². The Morgan fingerprint density at radius 2 is 1.88 bits per heavy atom. The van der Waals surface area contributed by atoms with E-state index >= 15 is 0 Å². The summed E-state index contributed by atoms with van der Waals surface area (Å²) in [5, 5.41) is 8.84. The van der Waals surface area contributed by atoms with Crippen LogP contribution in [0.15, 0.2) is 29.2 Å². The molecule has 0 aromatic heterocycles. The second-order valence-electron chi connectivity index (χ2n) is 4.05. The number of hydrogen-bond donors (Lipinski definition) is 2. The van der Waals surface area contributed by atoms with Crippen LogP contribution in [-0.4, -0.2) is 26.2 Å². The van der Waals surface area contributed by atoms with Gasteiger partial charge in [-0.2, -0.15) is 0 Å². The zero-order chi connectivity index (χ0) is 12.9. The normalized spacial score (nSPS) is 13.6. The molecule has 1 rings (SSSR count). The van der Waals surface area contributed by atoms with E-state index in [0.717, 1.165) is 5.56 Å². The molecule has 17 heavy (non-hydrogen) atoms. The number of hydrogen-bond acceptors (Lipinski definition) is 3. The van der Waals surface area contributed by atoms with E-state index in [-0.39, 0.29) is 17.5 Å². The van der Waals surface area contributed by atoms with E-state index < -0.39 is 10.0 Å². The van der Waals surface area contributed by atoms with Gasteiger partial charge in [0, 0.05) is 12.6 Å². The van der Waals surface area contributed by atoms with Gasteiger partial charge in [0.1, 0.15) is 0 Å². The zero-order valence-corrected chi connectivity index (χ0v) is 11.0. The first-order valence-electron chi connectivity index (χ1n) is 5.69. The van der Waals surface area contributed by atoms with Gasteiger partial charge >= 0.3 is 0 Å². The molecule has 0 aliphatic heterocycles. The Kier molecular flexibility index (Phi) is 5.11. The largest absolute Gasteiger partial charge is 0.396 e. The molecule has 4 nitrogen and oxygen atoms in total. The average molecular weight is 257 g/mol. The summed E-state index contributed by atoms with van der Waals surface area (Å²) in [7, 11) is -3.47. The van der Waals surface area contributed by atoms with Crippen LogP contribution in [0.4, 0.5) is 0 Å². The maximum absolute atomic E-state index is 12.0. The molecule has 0 bridgehead atoms. The third kappa shape index (κ3) is 4.11. The summed E-state index contributed by atoms with van der Waals surface area (Å²) in [4.78, 5) is 0.263. The van der Waals surface area contributed by atoms with Crippen molar-refractivity contribution in [2.45, 2.75) is 37.6 Å². The first kappa shape index (κ1) is 14.2. The summed E-state index contributed by atoms with van der Waals surface area (Å²) in [6.45, 7) is 3.78. The number of benzene rings is 1. The second-order valence-corrected chi connectivity index (χ2v) is 5.77. The Morgan fingerprint density at radius 3 is 2.35 bits per heavy atom. The lowest BCUT2D eigenvalue weighted by atomic mass is 10.2. The van der Waals surface area contributed by atoms with Gasteiger partial charge in [-0.3, -0.25) is 0 Å². The van der Waals surface area contributed by atoms with Crippen molar-refractivity contribution in [2.75, 3.05) is 6.61 Å². The molecule has 0 fully saturated rings. The number of sulfonamides is 1. The van der Waals surface area contributed by atoms with E-state index in [0.29, 0.717) is 12.8 Å². The number of nitrogens with one attached hydrogen (secondary N) is 1. The van der Waals surface area contributed by atoms with Crippen molar-refractivity contribution in [2.24, 2.45) is 0 Å². The quantitative estimate of drug-likeness (QED) is 0.810. The highest BCUT2D eigenvalue weighted by molar-refractivity contribution is 7.89. The third-order valence-electron chi connectivity index (χ3n) is 2.62. The fourth-order valence-corrected chi connectivity index (χ4v) is 2.86. The van der Waals surface area contributed by atoms with Crippen molar-refractivity contribution in [1.29, 1.82) is 0 Å². The Bertz CT molecular complexity index is 439. The summed E-state index contributed by atoms with van der Waals surface area (Å²) < 4.78 is 26.6. The van der Waals surface area contributed by atoms with Crippen LogP contribution in [-0.2, 0) is 10.0 Å². The molecule has 0 heterocycles. The average Bonchev–Trinajstić information content (AvgIpc) is 2.28. The highest BCUT2D eigenvalue weighted by Gasteiger charge is 2.18. The summed E-state index contributed by atoms with van der Waals surface area (Å²) in [5.74, 6) is 0. The molecule has 0 saturated heterocycles. The second kappa shape index (κ2) is 6.14. The highest BCUT2D eigenvalue weighted by Crippen LogP contribution is 2.11. The van der Waals surface area contributed by atoms with Gasteiger partial charge in [0.05, 0.1) is 4.90 Å². The van der Waals surface area contributed by atoms with Crippen LogP contribution in [0, 0.1) is 6.92 Å². The maximum atomic E-state index is 12.0. The Balaban J connectivity index is 2.84. The lowest BCUT2D eigenvalue weighted by Gasteiger charge is -2.15. The number of rotatable bonds is 6. The first-order valence-corrected chi connectivity index (χ1v) is 7.17. The van der Waals surface area contributed by atoms with Gasteiger partial charge in [-0.25, -0.2) is 13.1 Å². The molecule has 0 amide bonds. The van der Waals surface area contributed by atoms with Gasteiger partial charge in [-0.1, -0.05) is 24.6 Å². The molecule has 1 atom stereocenters. The van der Waals surface area contributed by atoms with Crippen LogP contribution < -0.4 is 4.72 Å². The fourth-order valence-electron chi connectivity index (χ4n) is 1.51. The number of aliphatic hydroxyl groups excluding tert-OH is 1. The van der Waals surface area contributed by atoms with Gasteiger partial charge in [0.15, 0.2) is 0 Å². The van der Waals surface area contributed by atoms with Crippen molar-refractivity contribution in [3.63, 3.8) is 0 Å². The van der Waals surface area contributed by atoms with E-state index in [1.54, 1.807) is 24.3 Å². The molecule has 5 heteroatoms.